The number of rotatable bonds is 5. The van der Waals surface area contributed by atoms with E-state index in [9.17, 15) is 0 Å². The third-order valence-corrected chi connectivity index (χ3v) is 2.72. The van der Waals surface area contributed by atoms with E-state index in [1.807, 2.05) is 25.6 Å². The first-order chi connectivity index (χ1) is 7.77. The number of aromatic amines is 1. The fourth-order valence-electron chi connectivity index (χ4n) is 1.74. The molecule has 1 atom stereocenters. The molecular formula is C11H17N5. The van der Waals surface area contributed by atoms with Crippen LogP contribution in [0.1, 0.15) is 24.2 Å². The Hall–Kier alpha value is -1.62. The van der Waals surface area contributed by atoms with Crippen molar-refractivity contribution in [2.45, 2.75) is 26.4 Å². The topological polar surface area (TPSA) is 58.5 Å². The maximum Gasteiger partial charge on any atom is 0.0946 e. The van der Waals surface area contributed by atoms with Crippen LogP contribution in [0.5, 0.6) is 0 Å². The van der Waals surface area contributed by atoms with Crippen LogP contribution in [0.2, 0.25) is 0 Å². The molecule has 0 aliphatic heterocycles. The molecule has 0 aliphatic carbocycles. The van der Waals surface area contributed by atoms with Gasteiger partial charge in [0.2, 0.25) is 0 Å². The van der Waals surface area contributed by atoms with Crippen molar-refractivity contribution in [1.29, 1.82) is 0 Å². The standard InChI is InChI=1S/C11H17N5/c1-9(11-7-14-15-10(11)2)13-4-6-16-5-3-12-8-16/h3,5,7-9,13H,4,6H2,1-2H3,(H,14,15). The zero-order valence-corrected chi connectivity index (χ0v) is 9.64. The number of H-pyrrole nitrogens is 1. The van der Waals surface area contributed by atoms with Crippen LogP contribution in [0.25, 0.3) is 0 Å². The fraction of sp³-hybridized carbons (Fsp3) is 0.455. The summed E-state index contributed by atoms with van der Waals surface area (Å²) in [5.41, 5.74) is 2.35. The Bertz CT molecular complexity index is 417. The van der Waals surface area contributed by atoms with Crippen molar-refractivity contribution in [3.63, 3.8) is 0 Å². The number of aromatic nitrogens is 4. The second-order valence-corrected chi connectivity index (χ2v) is 3.93. The lowest BCUT2D eigenvalue weighted by Crippen LogP contribution is -2.23. The number of nitrogens with zero attached hydrogens (tertiary/aromatic N) is 3. The van der Waals surface area contributed by atoms with Gasteiger partial charge in [-0.2, -0.15) is 5.10 Å². The summed E-state index contributed by atoms with van der Waals surface area (Å²) in [5.74, 6) is 0. The third kappa shape index (κ3) is 2.49. The van der Waals surface area contributed by atoms with Crippen molar-refractivity contribution in [3.05, 3.63) is 36.2 Å². The van der Waals surface area contributed by atoms with E-state index in [2.05, 4.69) is 32.0 Å². The summed E-state index contributed by atoms with van der Waals surface area (Å²) in [6.07, 6.45) is 7.47. The fourth-order valence-corrected chi connectivity index (χ4v) is 1.74. The summed E-state index contributed by atoms with van der Waals surface area (Å²) in [6, 6.07) is 0.322. The van der Waals surface area contributed by atoms with E-state index in [4.69, 9.17) is 0 Å². The van der Waals surface area contributed by atoms with Gasteiger partial charge < -0.3 is 9.88 Å². The molecule has 1 unspecified atom stereocenters. The molecule has 0 aromatic carbocycles. The van der Waals surface area contributed by atoms with Crippen molar-refractivity contribution in [2.75, 3.05) is 6.54 Å². The average molecular weight is 219 g/mol. The van der Waals surface area contributed by atoms with Gasteiger partial charge in [0.1, 0.15) is 0 Å². The van der Waals surface area contributed by atoms with Gasteiger partial charge in [0.05, 0.1) is 12.5 Å². The molecular weight excluding hydrogens is 202 g/mol. The van der Waals surface area contributed by atoms with Crippen LogP contribution in [-0.2, 0) is 6.54 Å². The van der Waals surface area contributed by atoms with Gasteiger partial charge in [-0.25, -0.2) is 4.98 Å². The van der Waals surface area contributed by atoms with Crippen molar-refractivity contribution in [2.24, 2.45) is 0 Å². The molecule has 0 saturated heterocycles. The highest BCUT2D eigenvalue weighted by Crippen LogP contribution is 2.13. The van der Waals surface area contributed by atoms with E-state index in [-0.39, 0.29) is 0 Å². The highest BCUT2D eigenvalue weighted by Gasteiger charge is 2.08. The summed E-state index contributed by atoms with van der Waals surface area (Å²) in [6.45, 7) is 6.03. The first-order valence-electron chi connectivity index (χ1n) is 5.46. The Kier molecular flexibility index (Phi) is 3.36. The van der Waals surface area contributed by atoms with Crippen LogP contribution in [-0.4, -0.2) is 26.3 Å². The maximum absolute atomic E-state index is 4.02. The lowest BCUT2D eigenvalue weighted by Gasteiger charge is -2.13. The lowest BCUT2D eigenvalue weighted by atomic mass is 10.1. The molecule has 5 nitrogen and oxygen atoms in total. The average Bonchev–Trinajstić information content (AvgIpc) is 2.88. The smallest absolute Gasteiger partial charge is 0.0946 e. The van der Waals surface area contributed by atoms with E-state index in [0.717, 1.165) is 18.8 Å². The van der Waals surface area contributed by atoms with Gasteiger partial charge >= 0.3 is 0 Å². The van der Waals surface area contributed by atoms with Crippen molar-refractivity contribution in [3.8, 4) is 0 Å². The van der Waals surface area contributed by atoms with Crippen molar-refractivity contribution >= 4 is 0 Å². The number of imidazole rings is 1. The van der Waals surface area contributed by atoms with Crippen LogP contribution in [0.4, 0.5) is 0 Å². The van der Waals surface area contributed by atoms with Gasteiger partial charge in [0, 0.05) is 42.8 Å². The molecule has 0 spiro atoms. The Morgan fingerprint density at radius 1 is 1.56 bits per heavy atom. The minimum atomic E-state index is 0.322. The minimum Gasteiger partial charge on any atom is -0.336 e. The normalized spacial score (nSPS) is 12.9. The minimum absolute atomic E-state index is 0.322. The predicted octanol–water partition coefficient (Wildman–Crippen LogP) is 1.27. The first kappa shape index (κ1) is 10.9. The van der Waals surface area contributed by atoms with Gasteiger partial charge in [-0.05, 0) is 13.8 Å². The molecule has 2 rings (SSSR count). The van der Waals surface area contributed by atoms with Gasteiger partial charge in [0.25, 0.3) is 0 Å². The van der Waals surface area contributed by atoms with E-state index in [1.54, 1.807) is 6.20 Å². The van der Waals surface area contributed by atoms with Crippen LogP contribution in [0.3, 0.4) is 0 Å². The monoisotopic (exact) mass is 219 g/mol. The number of nitrogens with one attached hydrogen (secondary N) is 2. The summed E-state index contributed by atoms with van der Waals surface area (Å²) in [4.78, 5) is 4.00. The molecule has 2 heterocycles. The first-order valence-corrected chi connectivity index (χ1v) is 5.46. The van der Waals surface area contributed by atoms with Crippen LogP contribution >= 0.6 is 0 Å². The largest absolute Gasteiger partial charge is 0.336 e. The highest BCUT2D eigenvalue weighted by molar-refractivity contribution is 5.18. The van der Waals surface area contributed by atoms with Crippen LogP contribution in [0, 0.1) is 6.92 Å². The second kappa shape index (κ2) is 4.94. The summed E-state index contributed by atoms with van der Waals surface area (Å²) >= 11 is 0. The second-order valence-electron chi connectivity index (χ2n) is 3.93. The molecule has 0 amide bonds. The predicted molar refractivity (Wildman–Crippen MR) is 62.0 cm³/mol. The van der Waals surface area contributed by atoms with Crippen LogP contribution < -0.4 is 5.32 Å². The Morgan fingerprint density at radius 3 is 3.06 bits per heavy atom. The zero-order valence-electron chi connectivity index (χ0n) is 9.64. The summed E-state index contributed by atoms with van der Waals surface area (Å²) in [7, 11) is 0. The van der Waals surface area contributed by atoms with Gasteiger partial charge in [-0.15, -0.1) is 0 Å². The molecule has 16 heavy (non-hydrogen) atoms. The number of hydrogen-bond acceptors (Lipinski definition) is 3. The highest BCUT2D eigenvalue weighted by atomic mass is 15.1. The molecule has 86 valence electrons. The molecule has 2 aromatic heterocycles. The molecule has 2 N–H and O–H groups in total. The Morgan fingerprint density at radius 2 is 2.44 bits per heavy atom. The van der Waals surface area contributed by atoms with Crippen LogP contribution in [0.15, 0.2) is 24.9 Å². The third-order valence-electron chi connectivity index (χ3n) is 2.72. The zero-order chi connectivity index (χ0) is 11.4. The number of hydrogen-bond donors (Lipinski definition) is 2. The quantitative estimate of drug-likeness (QED) is 0.796. The molecule has 0 saturated carbocycles. The Balaban J connectivity index is 1.80. The Labute approximate surface area is 94.9 Å². The van der Waals surface area contributed by atoms with E-state index >= 15 is 0 Å². The van der Waals surface area contributed by atoms with E-state index < -0.39 is 0 Å². The molecule has 0 bridgehead atoms. The maximum atomic E-state index is 4.02. The van der Waals surface area contributed by atoms with Crippen molar-refractivity contribution in [1.82, 2.24) is 25.1 Å². The lowest BCUT2D eigenvalue weighted by molar-refractivity contribution is 0.529. The summed E-state index contributed by atoms with van der Waals surface area (Å²) in [5, 5.41) is 10.4. The van der Waals surface area contributed by atoms with Gasteiger partial charge in [0.15, 0.2) is 0 Å². The molecule has 0 aliphatic rings. The van der Waals surface area contributed by atoms with Gasteiger partial charge in [-0.3, -0.25) is 5.10 Å². The molecule has 0 fully saturated rings. The van der Waals surface area contributed by atoms with Gasteiger partial charge in [-0.1, -0.05) is 0 Å². The SMILES string of the molecule is Cc1[nH]ncc1C(C)NCCn1ccnc1. The molecule has 2 aromatic rings. The van der Waals surface area contributed by atoms with Crippen molar-refractivity contribution < 1.29 is 0 Å². The molecule has 0 radical (unpaired) electrons. The van der Waals surface area contributed by atoms with E-state index in [0.29, 0.717) is 6.04 Å². The molecule has 5 heteroatoms. The summed E-state index contributed by atoms with van der Waals surface area (Å²) < 4.78 is 2.06. The van der Waals surface area contributed by atoms with E-state index in [1.165, 1.54) is 5.56 Å². The number of aryl methyl sites for hydroxylation is 1.